The Kier molecular flexibility index (Phi) is 5.87. The second-order valence-corrected chi connectivity index (χ2v) is 9.46. The third kappa shape index (κ3) is 4.43. The molecule has 1 aromatic carbocycles. The Morgan fingerprint density at radius 3 is 2.74 bits per heavy atom. The normalized spacial score (nSPS) is 19.8. The van der Waals surface area contributed by atoms with E-state index < -0.39 is 0 Å². The first-order valence-electron chi connectivity index (χ1n) is 11.2. The van der Waals surface area contributed by atoms with Crippen LogP contribution in [0.3, 0.4) is 0 Å². The average molecular weight is 437 g/mol. The molecule has 7 heteroatoms. The molecule has 1 atom stereocenters. The van der Waals surface area contributed by atoms with E-state index in [4.69, 9.17) is 9.72 Å². The number of nitrogens with zero attached hydrogens (tertiary/aromatic N) is 3. The molecule has 2 saturated heterocycles. The summed E-state index contributed by atoms with van der Waals surface area (Å²) < 4.78 is 5.62. The predicted octanol–water partition coefficient (Wildman–Crippen LogP) is 4.18. The Morgan fingerprint density at radius 2 is 2.00 bits per heavy atom. The molecule has 4 heterocycles. The monoisotopic (exact) mass is 436 g/mol. The molecule has 2 aromatic heterocycles. The number of hydrogen-bond acceptors (Lipinski definition) is 6. The van der Waals surface area contributed by atoms with Gasteiger partial charge in [0, 0.05) is 37.0 Å². The molecule has 2 fully saturated rings. The highest BCUT2D eigenvalue weighted by Crippen LogP contribution is 2.37. The minimum atomic E-state index is 0.0680. The number of rotatable bonds is 5. The van der Waals surface area contributed by atoms with E-state index in [1.807, 2.05) is 13.0 Å². The van der Waals surface area contributed by atoms with Gasteiger partial charge in [-0.05, 0) is 44.2 Å². The second kappa shape index (κ2) is 8.93. The second-order valence-electron chi connectivity index (χ2n) is 8.43. The maximum atomic E-state index is 12.6. The van der Waals surface area contributed by atoms with Gasteiger partial charge in [-0.25, -0.2) is 9.97 Å². The summed E-state index contributed by atoms with van der Waals surface area (Å²) in [7, 11) is 0. The number of anilines is 1. The quantitative estimate of drug-likeness (QED) is 0.650. The summed E-state index contributed by atoms with van der Waals surface area (Å²) in [5, 5.41) is 4.21. The van der Waals surface area contributed by atoms with Crippen LogP contribution in [-0.4, -0.2) is 48.2 Å². The number of benzene rings is 1. The molecule has 3 aromatic rings. The molecule has 31 heavy (non-hydrogen) atoms. The molecule has 0 aliphatic carbocycles. The molecular weight excluding hydrogens is 408 g/mol. The number of aromatic nitrogens is 2. The van der Waals surface area contributed by atoms with Gasteiger partial charge in [-0.2, -0.15) is 0 Å². The minimum absolute atomic E-state index is 0.0680. The number of carbonyl (C=O) groups is 1. The third-order valence-electron chi connectivity index (χ3n) is 6.24. The van der Waals surface area contributed by atoms with Crippen molar-refractivity contribution in [3.8, 4) is 10.4 Å². The highest BCUT2D eigenvalue weighted by molar-refractivity contribution is 7.21. The summed E-state index contributed by atoms with van der Waals surface area (Å²) in [4.78, 5) is 26.7. The van der Waals surface area contributed by atoms with Gasteiger partial charge in [0.15, 0.2) is 0 Å². The van der Waals surface area contributed by atoms with Crippen molar-refractivity contribution in [2.75, 3.05) is 31.1 Å². The maximum absolute atomic E-state index is 12.6. The number of aryl methyl sites for hydroxylation is 1. The fraction of sp³-hybridized carbons (Fsp3) is 0.458. The molecular formula is C24H28N4O2S. The number of thiophene rings is 1. The summed E-state index contributed by atoms with van der Waals surface area (Å²) in [5.74, 6) is 2.03. The van der Waals surface area contributed by atoms with Gasteiger partial charge < -0.3 is 15.0 Å². The average Bonchev–Trinajstić information content (AvgIpc) is 3.47. The smallest absolute Gasteiger partial charge is 0.223 e. The third-order valence-corrected chi connectivity index (χ3v) is 7.31. The molecule has 0 bridgehead atoms. The number of carbonyl (C=O) groups excluding carboxylic acids is 1. The zero-order valence-corrected chi connectivity index (χ0v) is 18.7. The van der Waals surface area contributed by atoms with Gasteiger partial charge in [-0.15, -0.1) is 11.3 Å². The van der Waals surface area contributed by atoms with Crippen molar-refractivity contribution in [3.05, 3.63) is 42.2 Å². The number of amides is 1. The Bertz CT molecular complexity index is 1050. The van der Waals surface area contributed by atoms with E-state index in [1.165, 1.54) is 10.4 Å². The van der Waals surface area contributed by atoms with Crippen molar-refractivity contribution in [2.45, 2.75) is 38.7 Å². The molecule has 1 unspecified atom stereocenters. The van der Waals surface area contributed by atoms with Crippen molar-refractivity contribution < 1.29 is 9.53 Å². The van der Waals surface area contributed by atoms with Crippen LogP contribution in [-0.2, 0) is 9.53 Å². The zero-order chi connectivity index (χ0) is 21.2. The lowest BCUT2D eigenvalue weighted by Gasteiger charge is -2.32. The van der Waals surface area contributed by atoms with Crippen molar-refractivity contribution in [1.29, 1.82) is 0 Å². The van der Waals surface area contributed by atoms with Crippen molar-refractivity contribution in [1.82, 2.24) is 15.3 Å². The van der Waals surface area contributed by atoms with Gasteiger partial charge >= 0.3 is 0 Å². The van der Waals surface area contributed by atoms with Crippen LogP contribution in [0.25, 0.3) is 20.7 Å². The summed E-state index contributed by atoms with van der Waals surface area (Å²) in [6.07, 6.45) is 4.03. The molecule has 2 aliphatic heterocycles. The molecule has 6 nitrogen and oxygen atoms in total. The van der Waals surface area contributed by atoms with Gasteiger partial charge in [-0.3, -0.25) is 4.79 Å². The molecule has 1 amide bonds. The van der Waals surface area contributed by atoms with E-state index in [0.29, 0.717) is 6.54 Å². The van der Waals surface area contributed by atoms with Gasteiger partial charge in [0.05, 0.1) is 11.5 Å². The number of ether oxygens (including phenoxy) is 1. The van der Waals surface area contributed by atoms with Crippen LogP contribution in [0.5, 0.6) is 0 Å². The van der Waals surface area contributed by atoms with Crippen LogP contribution in [0, 0.1) is 12.8 Å². The molecule has 2 aliphatic rings. The SMILES string of the molecule is Cc1nc(N2CCC(C(=O)NCC3CCCO3)CC2)c2cc(-c3ccccc3)sc2n1. The zero-order valence-electron chi connectivity index (χ0n) is 17.8. The minimum Gasteiger partial charge on any atom is -0.376 e. The van der Waals surface area contributed by atoms with E-state index >= 15 is 0 Å². The van der Waals surface area contributed by atoms with Crippen molar-refractivity contribution in [2.24, 2.45) is 5.92 Å². The van der Waals surface area contributed by atoms with E-state index in [0.717, 1.165) is 67.2 Å². The summed E-state index contributed by atoms with van der Waals surface area (Å²) in [6.45, 7) is 5.08. The predicted molar refractivity (Wildman–Crippen MR) is 125 cm³/mol. The van der Waals surface area contributed by atoms with Gasteiger partial charge in [0.2, 0.25) is 5.91 Å². The number of nitrogens with one attached hydrogen (secondary N) is 1. The van der Waals surface area contributed by atoms with Crippen LogP contribution >= 0.6 is 11.3 Å². The summed E-state index contributed by atoms with van der Waals surface area (Å²) in [5.41, 5.74) is 1.20. The lowest BCUT2D eigenvalue weighted by molar-refractivity contribution is -0.126. The molecule has 5 rings (SSSR count). The largest absolute Gasteiger partial charge is 0.376 e. The first-order valence-corrected chi connectivity index (χ1v) is 12.0. The first-order chi connectivity index (χ1) is 15.2. The lowest BCUT2D eigenvalue weighted by atomic mass is 9.95. The van der Waals surface area contributed by atoms with Crippen LogP contribution < -0.4 is 10.2 Å². The van der Waals surface area contributed by atoms with Crippen LogP contribution in [0.2, 0.25) is 0 Å². The van der Waals surface area contributed by atoms with Gasteiger partial charge in [0.25, 0.3) is 0 Å². The molecule has 0 saturated carbocycles. The maximum Gasteiger partial charge on any atom is 0.223 e. The van der Waals surface area contributed by atoms with E-state index in [2.05, 4.69) is 45.5 Å². The molecule has 0 spiro atoms. The standard InChI is InChI=1S/C24H28N4O2S/c1-16-26-22(20-14-21(31-24(20)27-16)17-6-3-2-4-7-17)28-11-9-18(10-12-28)23(29)25-15-19-8-5-13-30-19/h2-4,6-7,14,18-19H,5,8-13,15H2,1H3,(H,25,29). The number of fused-ring (bicyclic) bond motifs is 1. The van der Waals surface area contributed by atoms with Crippen LogP contribution in [0.4, 0.5) is 5.82 Å². The highest BCUT2D eigenvalue weighted by Gasteiger charge is 2.28. The van der Waals surface area contributed by atoms with Crippen LogP contribution in [0.15, 0.2) is 36.4 Å². The molecule has 0 radical (unpaired) electrons. The van der Waals surface area contributed by atoms with E-state index in [-0.39, 0.29) is 17.9 Å². The molecule has 1 N–H and O–H groups in total. The van der Waals surface area contributed by atoms with Crippen molar-refractivity contribution in [3.63, 3.8) is 0 Å². The fourth-order valence-corrected chi connectivity index (χ4v) is 5.59. The number of piperidine rings is 1. The Labute approximate surface area is 186 Å². The lowest BCUT2D eigenvalue weighted by Crippen LogP contribution is -2.42. The summed E-state index contributed by atoms with van der Waals surface area (Å²) >= 11 is 1.71. The Balaban J connectivity index is 1.29. The Morgan fingerprint density at radius 1 is 1.19 bits per heavy atom. The number of hydrogen-bond donors (Lipinski definition) is 1. The Hall–Kier alpha value is -2.51. The van der Waals surface area contributed by atoms with Gasteiger partial charge in [0.1, 0.15) is 16.5 Å². The summed E-state index contributed by atoms with van der Waals surface area (Å²) in [6, 6.07) is 12.6. The first kappa shape index (κ1) is 20.4. The fourth-order valence-electron chi connectivity index (χ4n) is 4.51. The topological polar surface area (TPSA) is 67.4 Å². The van der Waals surface area contributed by atoms with E-state index in [9.17, 15) is 4.79 Å². The molecule has 162 valence electrons. The highest BCUT2D eigenvalue weighted by atomic mass is 32.1. The van der Waals surface area contributed by atoms with Crippen LogP contribution in [0.1, 0.15) is 31.5 Å². The van der Waals surface area contributed by atoms with E-state index in [1.54, 1.807) is 11.3 Å². The van der Waals surface area contributed by atoms with Crippen molar-refractivity contribution >= 4 is 33.3 Å². The van der Waals surface area contributed by atoms with Gasteiger partial charge in [-0.1, -0.05) is 30.3 Å².